The van der Waals surface area contributed by atoms with Gasteiger partial charge in [-0.15, -0.1) is 0 Å². The van der Waals surface area contributed by atoms with Gasteiger partial charge in [-0.05, 0) is 49.6 Å². The predicted molar refractivity (Wildman–Crippen MR) is 116 cm³/mol. The average molecular weight is 430 g/mol. The fourth-order valence-corrected chi connectivity index (χ4v) is 3.38. The number of ether oxygens (including phenoxy) is 1. The van der Waals surface area contributed by atoms with Gasteiger partial charge in [0, 0.05) is 18.7 Å². The van der Waals surface area contributed by atoms with E-state index in [1.165, 1.54) is 0 Å². The molecule has 3 aromatic heterocycles. The largest absolute Gasteiger partial charge is 0.497 e. The third-order valence-electron chi connectivity index (χ3n) is 5.46. The quantitative estimate of drug-likeness (QED) is 0.478. The monoisotopic (exact) mass is 430 g/mol. The lowest BCUT2D eigenvalue weighted by molar-refractivity contribution is 0.0950. The Kier molecular flexibility index (Phi) is 5.14. The number of hydrogen-bond acceptors (Lipinski definition) is 7. The Balaban J connectivity index is 1.27. The van der Waals surface area contributed by atoms with E-state index in [0.717, 1.165) is 35.5 Å². The first-order valence-corrected chi connectivity index (χ1v) is 10.4. The highest BCUT2D eigenvalue weighted by Crippen LogP contribution is 2.38. The van der Waals surface area contributed by atoms with E-state index < -0.39 is 0 Å². The molecular weight excluding hydrogens is 408 g/mol. The van der Waals surface area contributed by atoms with Gasteiger partial charge in [0.15, 0.2) is 11.6 Å². The van der Waals surface area contributed by atoms with Crippen molar-refractivity contribution in [3.05, 3.63) is 71.4 Å². The Bertz CT molecular complexity index is 1240. The third kappa shape index (κ3) is 3.96. The highest BCUT2D eigenvalue weighted by Gasteiger charge is 2.29. The highest BCUT2D eigenvalue weighted by atomic mass is 16.5. The summed E-state index contributed by atoms with van der Waals surface area (Å²) >= 11 is 0. The van der Waals surface area contributed by atoms with Gasteiger partial charge >= 0.3 is 0 Å². The molecule has 1 N–H and O–H groups in total. The van der Waals surface area contributed by atoms with Crippen molar-refractivity contribution < 1.29 is 14.1 Å². The van der Waals surface area contributed by atoms with Gasteiger partial charge in [-0.25, -0.2) is 9.67 Å². The number of hydrogen-bond donors (Lipinski definition) is 1. The van der Waals surface area contributed by atoms with Crippen molar-refractivity contribution in [3.8, 4) is 23.0 Å². The van der Waals surface area contributed by atoms with Gasteiger partial charge in [-0.1, -0.05) is 17.3 Å². The summed E-state index contributed by atoms with van der Waals surface area (Å²) in [4.78, 5) is 21.6. The van der Waals surface area contributed by atoms with Crippen LogP contribution in [0.15, 0.2) is 53.3 Å². The number of benzene rings is 1. The molecule has 0 radical (unpaired) electrons. The molecule has 1 aliphatic carbocycles. The summed E-state index contributed by atoms with van der Waals surface area (Å²) in [6.07, 6.45) is 5.45. The Morgan fingerprint density at radius 3 is 2.69 bits per heavy atom. The molecule has 0 spiro atoms. The van der Waals surface area contributed by atoms with Crippen LogP contribution in [0.1, 0.15) is 46.2 Å². The first-order valence-electron chi connectivity index (χ1n) is 10.4. The van der Waals surface area contributed by atoms with Gasteiger partial charge < -0.3 is 14.6 Å². The fourth-order valence-electron chi connectivity index (χ4n) is 3.38. The van der Waals surface area contributed by atoms with Crippen molar-refractivity contribution in [1.82, 2.24) is 30.2 Å². The summed E-state index contributed by atoms with van der Waals surface area (Å²) < 4.78 is 12.1. The van der Waals surface area contributed by atoms with Crippen LogP contribution in [0.25, 0.3) is 17.3 Å². The van der Waals surface area contributed by atoms with Crippen molar-refractivity contribution >= 4 is 5.91 Å². The van der Waals surface area contributed by atoms with Gasteiger partial charge in [0.2, 0.25) is 0 Å². The first kappa shape index (κ1) is 19.9. The molecule has 0 saturated heterocycles. The minimum absolute atomic E-state index is 0.195. The molecule has 3 heterocycles. The Labute approximate surface area is 184 Å². The van der Waals surface area contributed by atoms with E-state index in [0.29, 0.717) is 35.4 Å². The van der Waals surface area contributed by atoms with E-state index in [2.05, 4.69) is 25.5 Å². The summed E-state index contributed by atoms with van der Waals surface area (Å²) in [6.45, 7) is 2.25. The van der Waals surface area contributed by atoms with Crippen LogP contribution >= 0.6 is 0 Å². The molecule has 5 rings (SSSR count). The van der Waals surface area contributed by atoms with Crippen molar-refractivity contribution in [2.24, 2.45) is 0 Å². The number of rotatable bonds is 7. The number of nitrogens with one attached hydrogen (secondary N) is 1. The van der Waals surface area contributed by atoms with Gasteiger partial charge in [0.25, 0.3) is 11.8 Å². The minimum Gasteiger partial charge on any atom is -0.497 e. The maximum Gasteiger partial charge on any atom is 0.259 e. The van der Waals surface area contributed by atoms with E-state index in [4.69, 9.17) is 9.26 Å². The molecule has 0 bridgehead atoms. The zero-order chi connectivity index (χ0) is 22.1. The molecule has 162 valence electrons. The van der Waals surface area contributed by atoms with Gasteiger partial charge in [-0.3, -0.25) is 4.79 Å². The number of carbonyl (C=O) groups excluding carboxylic acids is 1. The molecule has 32 heavy (non-hydrogen) atoms. The van der Waals surface area contributed by atoms with Crippen LogP contribution in [-0.4, -0.2) is 37.9 Å². The molecule has 9 heteroatoms. The van der Waals surface area contributed by atoms with E-state index in [1.54, 1.807) is 24.2 Å². The van der Waals surface area contributed by atoms with Gasteiger partial charge in [0.05, 0.1) is 30.1 Å². The molecular formula is C23H22N6O3. The van der Waals surface area contributed by atoms with Crippen LogP contribution in [0.4, 0.5) is 0 Å². The Morgan fingerprint density at radius 1 is 1.19 bits per heavy atom. The van der Waals surface area contributed by atoms with Crippen molar-refractivity contribution in [2.75, 3.05) is 7.11 Å². The number of nitrogens with zero attached hydrogens (tertiary/aromatic N) is 5. The molecule has 1 saturated carbocycles. The molecule has 1 amide bonds. The maximum absolute atomic E-state index is 12.7. The summed E-state index contributed by atoms with van der Waals surface area (Å²) in [6, 6.07) is 11.2. The zero-order valence-corrected chi connectivity index (χ0v) is 17.8. The smallest absolute Gasteiger partial charge is 0.259 e. The lowest BCUT2D eigenvalue weighted by Crippen LogP contribution is -2.23. The van der Waals surface area contributed by atoms with Crippen LogP contribution in [0.3, 0.4) is 0 Å². The van der Waals surface area contributed by atoms with Crippen LogP contribution in [0.5, 0.6) is 5.75 Å². The molecule has 4 aromatic rings. The second kappa shape index (κ2) is 8.26. The Hall–Kier alpha value is -4.01. The first-order chi connectivity index (χ1) is 15.6. The van der Waals surface area contributed by atoms with E-state index >= 15 is 0 Å². The van der Waals surface area contributed by atoms with E-state index in [9.17, 15) is 4.79 Å². The molecule has 1 aliphatic rings. The van der Waals surface area contributed by atoms with Crippen LogP contribution in [-0.2, 0) is 6.54 Å². The molecule has 1 fully saturated rings. The molecule has 9 nitrogen and oxygen atoms in total. The molecule has 0 aliphatic heterocycles. The molecule has 0 atom stereocenters. The van der Waals surface area contributed by atoms with Crippen molar-refractivity contribution in [3.63, 3.8) is 0 Å². The van der Waals surface area contributed by atoms with E-state index in [-0.39, 0.29) is 5.91 Å². The SMILES string of the molecule is COc1ccc(CNC(=O)c2cnn(-c3ccc(-c4nc(C5CC5)no4)cn3)c2C)cc1. The third-order valence-corrected chi connectivity index (χ3v) is 5.46. The highest BCUT2D eigenvalue weighted by molar-refractivity contribution is 5.95. The summed E-state index contributed by atoms with van der Waals surface area (Å²) in [5.74, 6) is 2.83. The summed E-state index contributed by atoms with van der Waals surface area (Å²) in [5, 5.41) is 11.3. The maximum atomic E-state index is 12.7. The number of carbonyl (C=O) groups is 1. The van der Waals surface area contributed by atoms with Crippen molar-refractivity contribution in [2.45, 2.75) is 32.2 Å². The Morgan fingerprint density at radius 2 is 2.00 bits per heavy atom. The fraction of sp³-hybridized carbons (Fsp3) is 0.261. The average Bonchev–Trinajstić information content (AvgIpc) is 3.43. The van der Waals surface area contributed by atoms with E-state index in [1.807, 2.05) is 43.3 Å². The normalized spacial score (nSPS) is 13.2. The minimum atomic E-state index is -0.195. The van der Waals surface area contributed by atoms with Crippen LogP contribution < -0.4 is 10.1 Å². The van der Waals surface area contributed by atoms with Gasteiger partial charge in [-0.2, -0.15) is 10.1 Å². The van der Waals surface area contributed by atoms with Crippen molar-refractivity contribution in [1.29, 1.82) is 0 Å². The number of methoxy groups -OCH3 is 1. The summed E-state index contributed by atoms with van der Waals surface area (Å²) in [5.41, 5.74) is 2.92. The lowest BCUT2D eigenvalue weighted by Gasteiger charge is -2.07. The van der Waals surface area contributed by atoms with Crippen LogP contribution in [0.2, 0.25) is 0 Å². The summed E-state index contributed by atoms with van der Waals surface area (Å²) in [7, 11) is 1.62. The predicted octanol–water partition coefficient (Wildman–Crippen LogP) is 3.44. The molecule has 0 unspecified atom stereocenters. The second-order valence-electron chi connectivity index (χ2n) is 7.72. The standard InChI is InChI=1S/C23H22N6O3/c1-14-19(22(30)25-11-15-3-8-18(31-2)9-4-15)13-26-29(14)20-10-7-17(12-24-20)23-27-21(28-32-23)16-5-6-16/h3-4,7-10,12-13,16H,5-6,11H2,1-2H3,(H,25,30). The van der Waals surface area contributed by atoms with Gasteiger partial charge in [0.1, 0.15) is 5.75 Å². The number of aromatic nitrogens is 5. The number of amides is 1. The second-order valence-corrected chi connectivity index (χ2v) is 7.72. The van der Waals surface area contributed by atoms with Crippen LogP contribution in [0, 0.1) is 6.92 Å². The number of pyridine rings is 1. The molecule has 1 aromatic carbocycles. The lowest BCUT2D eigenvalue weighted by atomic mass is 10.2. The topological polar surface area (TPSA) is 108 Å². The zero-order valence-electron chi connectivity index (χ0n) is 17.8.